The molecule has 5 heteroatoms. The molecule has 0 unspecified atom stereocenters. The topological polar surface area (TPSA) is 49.8 Å². The first-order valence-corrected chi connectivity index (χ1v) is 9.90. The summed E-state index contributed by atoms with van der Waals surface area (Å²) >= 11 is 1.56. The Morgan fingerprint density at radius 3 is 2.73 bits per heavy atom. The van der Waals surface area contributed by atoms with Gasteiger partial charge in [0.2, 0.25) is 5.91 Å². The normalized spacial score (nSPS) is 16.7. The van der Waals surface area contributed by atoms with Crippen LogP contribution in [-0.4, -0.2) is 41.9 Å². The van der Waals surface area contributed by atoms with E-state index in [0.29, 0.717) is 11.7 Å². The van der Waals surface area contributed by atoms with E-state index in [1.165, 1.54) is 5.56 Å². The summed E-state index contributed by atoms with van der Waals surface area (Å²) in [6.45, 7) is 1.76. The van der Waals surface area contributed by atoms with E-state index in [1.54, 1.807) is 18.9 Å². The van der Waals surface area contributed by atoms with E-state index in [4.69, 9.17) is 9.84 Å². The van der Waals surface area contributed by atoms with Crippen molar-refractivity contribution in [2.24, 2.45) is 5.92 Å². The van der Waals surface area contributed by atoms with E-state index in [1.807, 2.05) is 41.3 Å². The highest BCUT2D eigenvalue weighted by Crippen LogP contribution is 2.25. The van der Waals surface area contributed by atoms with Crippen molar-refractivity contribution in [1.29, 1.82) is 0 Å². The lowest BCUT2D eigenvalue weighted by Gasteiger charge is -2.16. The molecule has 1 saturated heterocycles. The standard InChI is InChI=1S/C21H25NO3S/c1-25-19-3-2-4-20(12-19)26-15-21(24)22-10-9-18(13-22)11-16-5-7-17(14-23)8-6-16/h2-8,12,18,23H,9-11,13-15H2,1H3/t18-/m1/s1. The Labute approximate surface area is 159 Å². The second kappa shape index (κ2) is 9.10. The molecule has 0 spiro atoms. The minimum Gasteiger partial charge on any atom is -0.497 e. The molecule has 4 nitrogen and oxygen atoms in total. The van der Waals surface area contributed by atoms with Gasteiger partial charge in [-0.05, 0) is 48.1 Å². The number of hydrogen-bond donors (Lipinski definition) is 1. The van der Waals surface area contributed by atoms with Crippen LogP contribution in [0, 0.1) is 5.92 Å². The van der Waals surface area contributed by atoms with Crippen LogP contribution in [0.1, 0.15) is 17.5 Å². The van der Waals surface area contributed by atoms with Gasteiger partial charge < -0.3 is 14.7 Å². The molecule has 2 aromatic rings. The van der Waals surface area contributed by atoms with E-state index in [9.17, 15) is 4.79 Å². The van der Waals surface area contributed by atoms with Gasteiger partial charge in [0, 0.05) is 18.0 Å². The van der Waals surface area contributed by atoms with E-state index < -0.39 is 0 Å². The number of hydrogen-bond acceptors (Lipinski definition) is 4. The Bertz CT molecular complexity index is 732. The third-order valence-corrected chi connectivity index (χ3v) is 5.75. The molecule has 1 fully saturated rings. The third kappa shape index (κ3) is 5.02. The second-order valence-electron chi connectivity index (χ2n) is 6.64. The zero-order valence-electron chi connectivity index (χ0n) is 15.1. The van der Waals surface area contributed by atoms with Crippen LogP contribution >= 0.6 is 11.8 Å². The van der Waals surface area contributed by atoms with Crippen molar-refractivity contribution in [3.05, 3.63) is 59.7 Å². The van der Waals surface area contributed by atoms with Crippen molar-refractivity contribution in [1.82, 2.24) is 4.90 Å². The van der Waals surface area contributed by atoms with Crippen molar-refractivity contribution < 1.29 is 14.6 Å². The lowest BCUT2D eigenvalue weighted by Crippen LogP contribution is -2.30. The van der Waals surface area contributed by atoms with Crippen molar-refractivity contribution in [2.45, 2.75) is 24.3 Å². The van der Waals surface area contributed by atoms with Gasteiger partial charge in [-0.2, -0.15) is 0 Å². The second-order valence-corrected chi connectivity index (χ2v) is 7.69. The SMILES string of the molecule is COc1cccc(SCC(=O)N2CC[C@H](Cc3ccc(CO)cc3)C2)c1. The summed E-state index contributed by atoms with van der Waals surface area (Å²) in [5.74, 6) is 2.00. The Kier molecular flexibility index (Phi) is 6.58. The molecule has 0 aliphatic carbocycles. The average molecular weight is 372 g/mol. The smallest absolute Gasteiger partial charge is 0.232 e. The highest BCUT2D eigenvalue weighted by molar-refractivity contribution is 8.00. The van der Waals surface area contributed by atoms with Crippen molar-refractivity contribution in [2.75, 3.05) is 26.0 Å². The fraction of sp³-hybridized carbons (Fsp3) is 0.381. The number of benzene rings is 2. The number of rotatable bonds is 7. The summed E-state index contributed by atoms with van der Waals surface area (Å²) in [5, 5.41) is 9.12. The number of carbonyl (C=O) groups is 1. The number of likely N-dealkylation sites (tertiary alicyclic amines) is 1. The highest BCUT2D eigenvalue weighted by atomic mass is 32.2. The predicted octanol–water partition coefficient (Wildman–Crippen LogP) is 3.37. The van der Waals surface area contributed by atoms with Gasteiger partial charge >= 0.3 is 0 Å². The maximum absolute atomic E-state index is 12.5. The minimum absolute atomic E-state index is 0.0803. The Balaban J connectivity index is 1.47. The number of ether oxygens (including phenoxy) is 1. The average Bonchev–Trinajstić information content (AvgIpc) is 3.15. The largest absolute Gasteiger partial charge is 0.497 e. The lowest BCUT2D eigenvalue weighted by molar-refractivity contribution is -0.127. The summed E-state index contributed by atoms with van der Waals surface area (Å²) in [5.41, 5.74) is 2.21. The van der Waals surface area contributed by atoms with Gasteiger partial charge in [0.05, 0.1) is 19.5 Å². The van der Waals surface area contributed by atoms with Gasteiger partial charge in [-0.3, -0.25) is 4.79 Å². The zero-order valence-corrected chi connectivity index (χ0v) is 15.9. The molecule has 1 N–H and O–H groups in total. The van der Waals surface area contributed by atoms with Gasteiger partial charge in [0.15, 0.2) is 0 Å². The maximum atomic E-state index is 12.5. The molecule has 0 bridgehead atoms. The first kappa shape index (κ1) is 18.8. The van der Waals surface area contributed by atoms with Crippen LogP contribution in [0.3, 0.4) is 0 Å². The fourth-order valence-electron chi connectivity index (χ4n) is 3.27. The number of amides is 1. The van der Waals surface area contributed by atoms with Gasteiger partial charge in [-0.15, -0.1) is 11.8 Å². The van der Waals surface area contributed by atoms with E-state index in [0.717, 1.165) is 42.1 Å². The van der Waals surface area contributed by atoms with Crippen LogP contribution in [-0.2, 0) is 17.8 Å². The summed E-state index contributed by atoms with van der Waals surface area (Å²) in [6, 6.07) is 15.9. The molecule has 1 atom stereocenters. The fourth-order valence-corrected chi connectivity index (χ4v) is 4.11. The summed E-state index contributed by atoms with van der Waals surface area (Å²) < 4.78 is 5.22. The number of methoxy groups -OCH3 is 1. The van der Waals surface area contributed by atoms with Crippen molar-refractivity contribution in [3.8, 4) is 5.75 Å². The van der Waals surface area contributed by atoms with E-state index in [-0.39, 0.29) is 12.5 Å². The summed E-state index contributed by atoms with van der Waals surface area (Å²) in [7, 11) is 1.65. The molecular weight excluding hydrogens is 346 g/mol. The van der Waals surface area contributed by atoms with Gasteiger partial charge in [0.1, 0.15) is 5.75 Å². The molecule has 1 aliphatic heterocycles. The quantitative estimate of drug-likeness (QED) is 0.758. The molecular formula is C21H25NO3S. The summed E-state index contributed by atoms with van der Waals surface area (Å²) in [4.78, 5) is 15.5. The summed E-state index contributed by atoms with van der Waals surface area (Å²) in [6.07, 6.45) is 2.04. The van der Waals surface area contributed by atoms with Crippen molar-refractivity contribution >= 4 is 17.7 Å². The van der Waals surface area contributed by atoms with Gasteiger partial charge in [0.25, 0.3) is 0 Å². The molecule has 0 aromatic heterocycles. The van der Waals surface area contributed by atoms with Gasteiger partial charge in [-0.25, -0.2) is 0 Å². The molecule has 2 aromatic carbocycles. The highest BCUT2D eigenvalue weighted by Gasteiger charge is 2.26. The molecule has 0 saturated carbocycles. The predicted molar refractivity (Wildman–Crippen MR) is 104 cm³/mol. The Morgan fingerprint density at radius 1 is 1.23 bits per heavy atom. The Morgan fingerprint density at radius 2 is 2.00 bits per heavy atom. The van der Waals surface area contributed by atoms with Crippen LogP contribution < -0.4 is 4.74 Å². The number of aliphatic hydroxyl groups is 1. The van der Waals surface area contributed by atoms with E-state index in [2.05, 4.69) is 12.1 Å². The molecule has 138 valence electrons. The number of nitrogens with zero attached hydrogens (tertiary/aromatic N) is 1. The lowest BCUT2D eigenvalue weighted by atomic mass is 9.98. The maximum Gasteiger partial charge on any atom is 0.232 e. The number of thioether (sulfide) groups is 1. The van der Waals surface area contributed by atoms with Crippen LogP contribution in [0.25, 0.3) is 0 Å². The van der Waals surface area contributed by atoms with Crippen molar-refractivity contribution in [3.63, 3.8) is 0 Å². The Hall–Kier alpha value is -1.98. The molecule has 1 aliphatic rings. The molecule has 1 amide bonds. The van der Waals surface area contributed by atoms with Gasteiger partial charge in [-0.1, -0.05) is 30.3 Å². The molecule has 3 rings (SSSR count). The van der Waals surface area contributed by atoms with Crippen LogP contribution in [0.4, 0.5) is 0 Å². The van der Waals surface area contributed by atoms with Crippen LogP contribution in [0.2, 0.25) is 0 Å². The molecule has 1 heterocycles. The van der Waals surface area contributed by atoms with Crippen LogP contribution in [0.5, 0.6) is 5.75 Å². The first-order valence-electron chi connectivity index (χ1n) is 8.91. The van der Waals surface area contributed by atoms with Crippen LogP contribution in [0.15, 0.2) is 53.4 Å². The minimum atomic E-state index is 0.0803. The van der Waals surface area contributed by atoms with E-state index >= 15 is 0 Å². The first-order chi connectivity index (χ1) is 12.7. The zero-order chi connectivity index (χ0) is 18.4. The third-order valence-electron chi connectivity index (χ3n) is 4.77. The molecule has 0 radical (unpaired) electrons. The number of aliphatic hydroxyl groups excluding tert-OH is 1. The number of carbonyl (C=O) groups excluding carboxylic acids is 1. The molecule has 26 heavy (non-hydrogen) atoms. The monoisotopic (exact) mass is 371 g/mol.